The SMILES string of the molecule is CCC(c1nccs1)n1c(C)cc2c1CC(C)(C)CC2O. The molecule has 0 saturated heterocycles. The second kappa shape index (κ2) is 5.25. The molecule has 1 N–H and O–H groups in total. The van der Waals surface area contributed by atoms with Gasteiger partial charge in [-0.15, -0.1) is 11.3 Å². The van der Waals surface area contributed by atoms with Crippen molar-refractivity contribution in [2.24, 2.45) is 5.41 Å². The highest BCUT2D eigenvalue weighted by Gasteiger charge is 2.35. The molecule has 2 unspecified atom stereocenters. The Morgan fingerprint density at radius 3 is 2.90 bits per heavy atom. The lowest BCUT2D eigenvalue weighted by Crippen LogP contribution is -2.28. The fourth-order valence-corrected chi connectivity index (χ4v) is 4.48. The fraction of sp³-hybridized carbons (Fsp3) is 0.588. The van der Waals surface area contributed by atoms with Gasteiger partial charge in [-0.25, -0.2) is 4.98 Å². The van der Waals surface area contributed by atoms with Crippen LogP contribution in [0.25, 0.3) is 0 Å². The number of aromatic nitrogens is 2. The van der Waals surface area contributed by atoms with Crippen molar-refractivity contribution in [2.45, 2.75) is 59.1 Å². The van der Waals surface area contributed by atoms with Crippen LogP contribution in [-0.2, 0) is 6.42 Å². The van der Waals surface area contributed by atoms with Crippen molar-refractivity contribution >= 4 is 11.3 Å². The molecule has 0 amide bonds. The summed E-state index contributed by atoms with van der Waals surface area (Å²) in [5.41, 5.74) is 3.81. The first-order valence-corrected chi connectivity index (χ1v) is 8.59. The highest BCUT2D eigenvalue weighted by Crippen LogP contribution is 2.43. The number of aliphatic hydroxyl groups excluding tert-OH is 1. The summed E-state index contributed by atoms with van der Waals surface area (Å²) in [6, 6.07) is 2.46. The zero-order valence-electron chi connectivity index (χ0n) is 13.3. The highest BCUT2D eigenvalue weighted by atomic mass is 32.1. The van der Waals surface area contributed by atoms with Gasteiger partial charge in [0, 0.05) is 28.5 Å². The Hall–Kier alpha value is -1.13. The third-order valence-corrected chi connectivity index (χ3v) is 5.43. The van der Waals surface area contributed by atoms with E-state index in [1.165, 1.54) is 11.4 Å². The number of nitrogens with zero attached hydrogens (tertiary/aromatic N) is 2. The Kier molecular flexibility index (Phi) is 3.70. The lowest BCUT2D eigenvalue weighted by Gasteiger charge is -2.35. The average Bonchev–Trinajstić information content (AvgIpc) is 3.00. The normalized spacial score (nSPS) is 22.0. The summed E-state index contributed by atoms with van der Waals surface area (Å²) < 4.78 is 2.41. The number of aryl methyl sites for hydroxylation is 1. The van der Waals surface area contributed by atoms with Crippen LogP contribution in [0, 0.1) is 12.3 Å². The van der Waals surface area contributed by atoms with E-state index in [2.05, 4.69) is 43.3 Å². The molecule has 2 aromatic heterocycles. The number of hydrogen-bond acceptors (Lipinski definition) is 3. The van der Waals surface area contributed by atoms with Crippen LogP contribution in [0.3, 0.4) is 0 Å². The van der Waals surface area contributed by atoms with E-state index in [9.17, 15) is 5.11 Å². The molecule has 0 spiro atoms. The van der Waals surface area contributed by atoms with E-state index in [1.807, 2.05) is 11.6 Å². The maximum absolute atomic E-state index is 10.5. The number of aliphatic hydroxyl groups is 1. The predicted molar refractivity (Wildman–Crippen MR) is 86.8 cm³/mol. The Morgan fingerprint density at radius 1 is 1.52 bits per heavy atom. The third-order valence-electron chi connectivity index (χ3n) is 4.55. The molecule has 114 valence electrons. The summed E-state index contributed by atoms with van der Waals surface area (Å²) in [6.45, 7) is 8.85. The van der Waals surface area contributed by atoms with Crippen LogP contribution in [0.5, 0.6) is 0 Å². The van der Waals surface area contributed by atoms with Gasteiger partial charge in [0.2, 0.25) is 0 Å². The van der Waals surface area contributed by atoms with Crippen LogP contribution in [0.1, 0.15) is 67.7 Å². The molecule has 4 heteroatoms. The standard InChI is InChI=1S/C17H24N2OS/c1-5-13(16-18-6-7-21-16)19-11(2)8-12-14(19)9-17(3,4)10-15(12)20/h6-8,13,15,20H,5,9-10H2,1-4H3. The molecular formula is C17H24N2OS. The Balaban J connectivity index is 2.12. The van der Waals surface area contributed by atoms with Crippen LogP contribution < -0.4 is 0 Å². The number of thiazole rings is 1. The first kappa shape index (κ1) is 14.8. The second-order valence-electron chi connectivity index (χ2n) is 6.91. The third kappa shape index (κ3) is 2.55. The van der Waals surface area contributed by atoms with Gasteiger partial charge in [-0.05, 0) is 37.7 Å². The second-order valence-corrected chi connectivity index (χ2v) is 7.84. The first-order chi connectivity index (χ1) is 9.93. The van der Waals surface area contributed by atoms with E-state index in [4.69, 9.17) is 0 Å². The summed E-state index contributed by atoms with van der Waals surface area (Å²) in [6.07, 6.45) is 4.43. The summed E-state index contributed by atoms with van der Waals surface area (Å²) in [5.74, 6) is 0. The molecule has 21 heavy (non-hydrogen) atoms. The van der Waals surface area contributed by atoms with Crippen LogP contribution in [0.15, 0.2) is 17.6 Å². The molecule has 2 aromatic rings. The molecule has 2 atom stereocenters. The van der Waals surface area contributed by atoms with Gasteiger partial charge in [0.05, 0.1) is 12.1 Å². The van der Waals surface area contributed by atoms with Gasteiger partial charge in [-0.2, -0.15) is 0 Å². The molecule has 1 aliphatic rings. The van der Waals surface area contributed by atoms with Crippen LogP contribution in [0.4, 0.5) is 0 Å². The molecule has 0 bridgehead atoms. The Bertz CT molecular complexity index is 628. The van der Waals surface area contributed by atoms with Crippen LogP contribution in [-0.4, -0.2) is 14.7 Å². The number of fused-ring (bicyclic) bond motifs is 1. The van der Waals surface area contributed by atoms with Gasteiger partial charge in [0.15, 0.2) is 0 Å². The zero-order valence-corrected chi connectivity index (χ0v) is 14.1. The van der Waals surface area contributed by atoms with Crippen molar-refractivity contribution in [3.05, 3.63) is 39.6 Å². The van der Waals surface area contributed by atoms with Gasteiger partial charge in [0.25, 0.3) is 0 Å². The van der Waals surface area contributed by atoms with E-state index in [0.717, 1.165) is 29.8 Å². The lowest BCUT2D eigenvalue weighted by atomic mass is 9.75. The minimum atomic E-state index is -0.336. The van der Waals surface area contributed by atoms with Crippen molar-refractivity contribution < 1.29 is 5.11 Å². The van der Waals surface area contributed by atoms with Crippen LogP contribution >= 0.6 is 11.3 Å². The van der Waals surface area contributed by atoms with E-state index in [1.54, 1.807) is 11.3 Å². The molecule has 2 heterocycles. The van der Waals surface area contributed by atoms with E-state index in [-0.39, 0.29) is 17.6 Å². The van der Waals surface area contributed by atoms with Crippen molar-refractivity contribution in [3.8, 4) is 0 Å². The Morgan fingerprint density at radius 2 is 2.29 bits per heavy atom. The predicted octanol–water partition coefficient (Wildman–Crippen LogP) is 4.26. The molecule has 0 fully saturated rings. The van der Waals surface area contributed by atoms with Gasteiger partial charge >= 0.3 is 0 Å². The molecule has 3 nitrogen and oxygen atoms in total. The van der Waals surface area contributed by atoms with E-state index in [0.29, 0.717) is 0 Å². The maximum Gasteiger partial charge on any atom is 0.115 e. The molecular weight excluding hydrogens is 280 g/mol. The van der Waals surface area contributed by atoms with E-state index >= 15 is 0 Å². The maximum atomic E-state index is 10.5. The summed E-state index contributed by atoms with van der Waals surface area (Å²) in [7, 11) is 0. The summed E-state index contributed by atoms with van der Waals surface area (Å²) in [5, 5.41) is 13.7. The largest absolute Gasteiger partial charge is 0.388 e. The van der Waals surface area contributed by atoms with E-state index < -0.39 is 0 Å². The molecule has 0 aliphatic heterocycles. The first-order valence-electron chi connectivity index (χ1n) is 7.71. The molecule has 0 radical (unpaired) electrons. The highest BCUT2D eigenvalue weighted by molar-refractivity contribution is 7.09. The lowest BCUT2D eigenvalue weighted by molar-refractivity contribution is 0.0976. The molecule has 0 saturated carbocycles. The number of hydrogen-bond donors (Lipinski definition) is 1. The minimum Gasteiger partial charge on any atom is -0.388 e. The molecule has 0 aromatic carbocycles. The monoisotopic (exact) mass is 304 g/mol. The van der Waals surface area contributed by atoms with Crippen molar-refractivity contribution in [3.63, 3.8) is 0 Å². The minimum absolute atomic E-state index is 0.149. The summed E-state index contributed by atoms with van der Waals surface area (Å²) >= 11 is 1.72. The molecule has 1 aliphatic carbocycles. The fourth-order valence-electron chi connectivity index (χ4n) is 3.67. The topological polar surface area (TPSA) is 38.0 Å². The van der Waals surface area contributed by atoms with Crippen molar-refractivity contribution in [2.75, 3.05) is 0 Å². The van der Waals surface area contributed by atoms with Gasteiger partial charge in [0.1, 0.15) is 5.01 Å². The van der Waals surface area contributed by atoms with Crippen molar-refractivity contribution in [1.29, 1.82) is 0 Å². The quantitative estimate of drug-likeness (QED) is 0.920. The Labute approximate surface area is 130 Å². The van der Waals surface area contributed by atoms with Crippen LogP contribution in [0.2, 0.25) is 0 Å². The smallest absolute Gasteiger partial charge is 0.115 e. The van der Waals surface area contributed by atoms with Gasteiger partial charge in [-0.1, -0.05) is 20.8 Å². The zero-order chi connectivity index (χ0) is 15.2. The molecule has 3 rings (SSSR count). The average molecular weight is 304 g/mol. The summed E-state index contributed by atoms with van der Waals surface area (Å²) in [4.78, 5) is 4.52. The van der Waals surface area contributed by atoms with Crippen molar-refractivity contribution in [1.82, 2.24) is 9.55 Å². The van der Waals surface area contributed by atoms with Gasteiger partial charge in [-0.3, -0.25) is 0 Å². The van der Waals surface area contributed by atoms with Gasteiger partial charge < -0.3 is 9.67 Å². The number of rotatable bonds is 3.